The highest BCUT2D eigenvalue weighted by Crippen LogP contribution is 2.44. The minimum Gasteiger partial charge on any atom is -0.443 e. The molecular weight excluding hydrogens is 437 g/mol. The summed E-state index contributed by atoms with van der Waals surface area (Å²) in [5.41, 5.74) is 0.740. The first kappa shape index (κ1) is 23.1. The van der Waals surface area contributed by atoms with Crippen LogP contribution in [0.25, 0.3) is 0 Å². The molecule has 2 saturated heterocycles. The lowest BCUT2D eigenvalue weighted by atomic mass is 9.94. The Balaban J connectivity index is 1.32. The summed E-state index contributed by atoms with van der Waals surface area (Å²) in [7, 11) is 0. The topological polar surface area (TPSA) is 69.7 Å². The van der Waals surface area contributed by atoms with Crippen molar-refractivity contribution in [3.63, 3.8) is 0 Å². The molecule has 0 spiro atoms. The van der Waals surface area contributed by atoms with E-state index in [0.717, 1.165) is 17.7 Å². The lowest BCUT2D eigenvalue weighted by Crippen LogP contribution is -2.45. The Morgan fingerprint density at radius 1 is 1.24 bits per heavy atom. The monoisotopic (exact) mass is 460 g/mol. The molecule has 3 heterocycles. The molecule has 1 aromatic heterocycles. The number of terminal acetylenes is 1. The van der Waals surface area contributed by atoms with Gasteiger partial charge in [0.05, 0.1) is 17.8 Å². The number of rotatable bonds is 6. The Morgan fingerprint density at radius 3 is 2.70 bits per heavy atom. The van der Waals surface area contributed by atoms with Crippen molar-refractivity contribution in [3.05, 3.63) is 65.5 Å². The van der Waals surface area contributed by atoms with E-state index in [2.05, 4.69) is 16.2 Å². The molecule has 2 aliphatic rings. The van der Waals surface area contributed by atoms with E-state index in [4.69, 9.17) is 20.6 Å². The maximum absolute atomic E-state index is 12.8. The third kappa shape index (κ3) is 5.46. The first-order valence-corrected chi connectivity index (χ1v) is 10.6. The number of ether oxygens (including phenoxy) is 3. The van der Waals surface area contributed by atoms with Crippen molar-refractivity contribution in [2.45, 2.75) is 62.5 Å². The average molecular weight is 460 g/mol. The summed E-state index contributed by atoms with van der Waals surface area (Å²) in [5, 5.41) is 2.66. The maximum Gasteiger partial charge on any atom is 0.416 e. The second-order valence-corrected chi connectivity index (χ2v) is 8.05. The number of carbonyl (C=O) groups excluding carboxylic acids is 1. The summed E-state index contributed by atoms with van der Waals surface area (Å²) in [5.74, 6) is 1.60. The molecule has 174 valence electrons. The van der Waals surface area contributed by atoms with Crippen molar-refractivity contribution >= 4 is 6.09 Å². The van der Waals surface area contributed by atoms with Crippen LogP contribution < -0.4 is 5.32 Å². The number of nitrogens with zero attached hydrogens (tertiary/aromatic N) is 1. The lowest BCUT2D eigenvalue weighted by molar-refractivity contribution is -0.212. The average Bonchev–Trinajstić information content (AvgIpc) is 3.12. The molecule has 6 nitrogen and oxygen atoms in total. The zero-order chi connectivity index (χ0) is 23.5. The van der Waals surface area contributed by atoms with Crippen molar-refractivity contribution in [2.24, 2.45) is 0 Å². The van der Waals surface area contributed by atoms with Crippen LogP contribution in [-0.4, -0.2) is 35.2 Å². The number of alkyl carbamates (subject to hydrolysis) is 1. The Bertz CT molecular complexity index is 1010. The molecule has 0 saturated carbocycles. The van der Waals surface area contributed by atoms with E-state index in [1.165, 1.54) is 12.1 Å². The van der Waals surface area contributed by atoms with E-state index in [1.54, 1.807) is 18.3 Å². The lowest BCUT2D eigenvalue weighted by Gasteiger charge is -2.35. The zero-order valence-corrected chi connectivity index (χ0v) is 17.7. The molecular formula is C24H23F3N2O4. The fourth-order valence-corrected chi connectivity index (χ4v) is 4.09. The van der Waals surface area contributed by atoms with Crippen molar-refractivity contribution in [2.75, 3.05) is 0 Å². The first-order valence-electron chi connectivity index (χ1n) is 10.6. The first-order chi connectivity index (χ1) is 15.8. The van der Waals surface area contributed by atoms with Gasteiger partial charge < -0.3 is 19.5 Å². The van der Waals surface area contributed by atoms with Crippen LogP contribution in [0.15, 0.2) is 48.7 Å². The second kappa shape index (κ2) is 9.41. The number of aromatic nitrogens is 1. The third-order valence-corrected chi connectivity index (χ3v) is 5.81. The highest BCUT2D eigenvalue weighted by atomic mass is 19.4. The summed E-state index contributed by atoms with van der Waals surface area (Å²) in [4.78, 5) is 16.4. The number of hydrogen-bond acceptors (Lipinski definition) is 5. The van der Waals surface area contributed by atoms with Gasteiger partial charge >= 0.3 is 12.3 Å². The fourth-order valence-electron chi connectivity index (χ4n) is 4.09. The van der Waals surface area contributed by atoms with Gasteiger partial charge in [-0.15, -0.1) is 6.42 Å². The van der Waals surface area contributed by atoms with E-state index in [9.17, 15) is 18.0 Å². The van der Waals surface area contributed by atoms with Crippen LogP contribution in [0, 0.1) is 12.3 Å². The fraction of sp³-hybridized carbons (Fsp3) is 0.417. The highest BCUT2D eigenvalue weighted by Gasteiger charge is 2.54. The van der Waals surface area contributed by atoms with Crippen LogP contribution in [0.5, 0.6) is 0 Å². The van der Waals surface area contributed by atoms with Crippen molar-refractivity contribution in [1.82, 2.24) is 10.3 Å². The number of halogens is 3. The van der Waals surface area contributed by atoms with Gasteiger partial charge in [0.15, 0.2) is 11.9 Å². The predicted octanol–water partition coefficient (Wildman–Crippen LogP) is 4.24. The number of aryl methyl sites for hydroxylation is 1. The van der Waals surface area contributed by atoms with Gasteiger partial charge in [0.1, 0.15) is 12.2 Å². The molecule has 1 amide bonds. The van der Waals surface area contributed by atoms with Crippen LogP contribution in [-0.2, 0) is 33.4 Å². The standard InChI is InChI=1S/C24H23F3N2O4/c1-2-19-21-20(31-22(30)29-15-18-5-3-4-14-28-18)11-13-23(32-19,33-21)12-10-16-6-8-17(9-7-16)24(25,26)27/h1,3-9,14,19-21H,10-13,15H2,(H,29,30)/t19-,20+,21+,23+/m1/s1. The predicted molar refractivity (Wildman–Crippen MR) is 112 cm³/mol. The van der Waals surface area contributed by atoms with E-state index in [-0.39, 0.29) is 6.54 Å². The normalized spacial score (nSPS) is 26.4. The number of fused-ring (bicyclic) bond motifs is 2. The quantitative estimate of drug-likeness (QED) is 0.654. The third-order valence-electron chi connectivity index (χ3n) is 5.81. The minimum atomic E-state index is -4.37. The largest absolute Gasteiger partial charge is 0.443 e. The Morgan fingerprint density at radius 2 is 2.03 bits per heavy atom. The molecule has 0 unspecified atom stereocenters. The molecule has 2 fully saturated rings. The smallest absolute Gasteiger partial charge is 0.416 e. The number of benzene rings is 1. The van der Waals surface area contributed by atoms with E-state index in [1.807, 2.05) is 6.07 Å². The highest BCUT2D eigenvalue weighted by molar-refractivity contribution is 5.67. The van der Waals surface area contributed by atoms with E-state index < -0.39 is 41.9 Å². The van der Waals surface area contributed by atoms with Crippen molar-refractivity contribution in [1.29, 1.82) is 0 Å². The maximum atomic E-state index is 12.8. The molecule has 2 bridgehead atoms. The van der Waals surface area contributed by atoms with Crippen LogP contribution in [0.1, 0.15) is 36.1 Å². The van der Waals surface area contributed by atoms with E-state index in [0.29, 0.717) is 31.4 Å². The van der Waals surface area contributed by atoms with Gasteiger partial charge in [-0.2, -0.15) is 13.2 Å². The van der Waals surface area contributed by atoms with Crippen LogP contribution in [0.3, 0.4) is 0 Å². The van der Waals surface area contributed by atoms with Crippen LogP contribution in [0.4, 0.5) is 18.0 Å². The van der Waals surface area contributed by atoms with Gasteiger partial charge in [-0.25, -0.2) is 4.79 Å². The summed E-state index contributed by atoms with van der Waals surface area (Å²) < 4.78 is 55.9. The van der Waals surface area contributed by atoms with Gasteiger partial charge in [-0.3, -0.25) is 4.98 Å². The molecule has 0 radical (unpaired) electrons. The van der Waals surface area contributed by atoms with Gasteiger partial charge in [-0.05, 0) is 42.7 Å². The molecule has 1 aromatic carbocycles. The Hall–Kier alpha value is -3.09. The number of amides is 1. The molecule has 0 aliphatic carbocycles. The summed E-state index contributed by atoms with van der Waals surface area (Å²) in [6, 6.07) is 10.4. The minimum absolute atomic E-state index is 0.226. The summed E-state index contributed by atoms with van der Waals surface area (Å²) in [6.45, 7) is 0.226. The van der Waals surface area contributed by atoms with Gasteiger partial charge in [0.2, 0.25) is 0 Å². The van der Waals surface area contributed by atoms with Gasteiger partial charge in [0, 0.05) is 19.0 Å². The Kier molecular flexibility index (Phi) is 6.58. The zero-order valence-electron chi connectivity index (χ0n) is 17.7. The number of hydrogen-bond donors (Lipinski definition) is 1. The van der Waals surface area contributed by atoms with Gasteiger partial charge in [0.25, 0.3) is 0 Å². The van der Waals surface area contributed by atoms with Crippen molar-refractivity contribution < 1.29 is 32.2 Å². The number of pyridine rings is 1. The Labute approximate surface area is 189 Å². The van der Waals surface area contributed by atoms with Crippen LogP contribution in [0.2, 0.25) is 0 Å². The molecule has 1 N–H and O–H groups in total. The molecule has 9 heteroatoms. The van der Waals surface area contributed by atoms with Crippen molar-refractivity contribution in [3.8, 4) is 12.3 Å². The second-order valence-electron chi connectivity index (χ2n) is 8.05. The summed E-state index contributed by atoms with van der Waals surface area (Å²) >= 11 is 0. The number of carbonyl (C=O) groups is 1. The van der Waals surface area contributed by atoms with E-state index >= 15 is 0 Å². The van der Waals surface area contributed by atoms with Crippen LogP contribution >= 0.6 is 0 Å². The summed E-state index contributed by atoms with van der Waals surface area (Å²) in [6.07, 6.45) is 2.22. The molecule has 4 rings (SSSR count). The van der Waals surface area contributed by atoms with Gasteiger partial charge in [-0.1, -0.05) is 24.1 Å². The SMILES string of the molecule is C#C[C@H]1O[C@]2(CCc3ccc(C(F)(F)F)cc3)CC[C@H](OC(=O)NCc3ccccn3)[C@H]1O2. The molecule has 2 aromatic rings. The molecule has 4 atom stereocenters. The number of nitrogens with one attached hydrogen (secondary N) is 1. The molecule has 2 aliphatic heterocycles. The molecule has 33 heavy (non-hydrogen) atoms. The number of alkyl halides is 3.